The molecular formula is C29H30N2O9. The third kappa shape index (κ3) is 4.08. The number of aliphatic hydroxyl groups excluding tert-OH is 2. The fourth-order valence-corrected chi connectivity index (χ4v) is 5.98. The summed E-state index contributed by atoms with van der Waals surface area (Å²) >= 11 is 0. The number of esters is 1. The van der Waals surface area contributed by atoms with Crippen LogP contribution in [0.25, 0.3) is 5.57 Å². The summed E-state index contributed by atoms with van der Waals surface area (Å²) in [4.78, 5) is 42.8. The molecule has 2 fully saturated rings. The number of allylic oxidation sites excluding steroid dienone is 2. The number of carbonyl (C=O) groups excluding carboxylic acids is 3. The van der Waals surface area contributed by atoms with Crippen LogP contribution in [-0.4, -0.2) is 74.9 Å². The van der Waals surface area contributed by atoms with E-state index in [1.54, 1.807) is 30.9 Å². The number of aryl methyl sites for hydroxylation is 1. The quantitative estimate of drug-likeness (QED) is 0.402. The van der Waals surface area contributed by atoms with Crippen LogP contribution in [0.15, 0.2) is 36.0 Å². The van der Waals surface area contributed by atoms with E-state index < -0.39 is 54.4 Å². The van der Waals surface area contributed by atoms with Crippen LogP contribution >= 0.6 is 0 Å². The van der Waals surface area contributed by atoms with Gasteiger partial charge in [-0.2, -0.15) is 0 Å². The zero-order chi connectivity index (χ0) is 28.5. The van der Waals surface area contributed by atoms with Crippen LogP contribution < -0.4 is 10.5 Å². The smallest absolute Gasteiger partial charge is 0.325 e. The SMILES string of the molecule is Cc1cc(O)c2c(c1)C1OC(=O)[C@@H](N)CCCN1C1=C2C(=O)c2cccc(O[C@H]3C[C@@H](O)[C@@H](O)C(C)O3)c2C1=O. The largest absolute Gasteiger partial charge is 0.507 e. The highest BCUT2D eigenvalue weighted by atomic mass is 16.7. The van der Waals surface area contributed by atoms with Crippen LogP contribution in [0, 0.1) is 6.92 Å². The van der Waals surface area contributed by atoms with Gasteiger partial charge in [-0.3, -0.25) is 14.4 Å². The first kappa shape index (κ1) is 26.5. The molecule has 2 aromatic rings. The number of fused-ring (bicyclic) bond motifs is 6. The molecule has 0 aromatic heterocycles. The van der Waals surface area contributed by atoms with Gasteiger partial charge in [0.05, 0.1) is 23.3 Å². The summed E-state index contributed by atoms with van der Waals surface area (Å²) in [6.45, 7) is 3.63. The van der Waals surface area contributed by atoms with Gasteiger partial charge in [-0.05, 0) is 50.5 Å². The van der Waals surface area contributed by atoms with E-state index in [-0.39, 0.29) is 52.4 Å². The van der Waals surface area contributed by atoms with E-state index in [2.05, 4.69) is 0 Å². The maximum atomic E-state index is 14.3. The molecular weight excluding hydrogens is 520 g/mol. The van der Waals surface area contributed by atoms with Crippen LogP contribution in [-0.2, 0) is 14.3 Å². The minimum Gasteiger partial charge on any atom is -0.507 e. The number of aliphatic hydroxyl groups is 2. The van der Waals surface area contributed by atoms with Gasteiger partial charge in [0.15, 0.2) is 5.78 Å². The molecule has 3 aliphatic heterocycles. The Labute approximate surface area is 229 Å². The van der Waals surface area contributed by atoms with Gasteiger partial charge in [-0.1, -0.05) is 12.1 Å². The Morgan fingerprint density at radius 3 is 2.62 bits per heavy atom. The Morgan fingerprint density at radius 2 is 1.88 bits per heavy atom. The predicted octanol–water partition coefficient (Wildman–Crippen LogP) is 1.70. The Morgan fingerprint density at radius 1 is 1.10 bits per heavy atom. The molecule has 0 amide bonds. The molecule has 40 heavy (non-hydrogen) atoms. The van der Waals surface area contributed by atoms with Gasteiger partial charge in [-0.15, -0.1) is 0 Å². The molecule has 0 saturated carbocycles. The van der Waals surface area contributed by atoms with Crippen molar-refractivity contribution >= 4 is 23.1 Å². The first-order valence-electron chi connectivity index (χ1n) is 13.3. The van der Waals surface area contributed by atoms with Gasteiger partial charge in [0.2, 0.25) is 18.3 Å². The Balaban J connectivity index is 1.49. The van der Waals surface area contributed by atoms with E-state index in [1.807, 2.05) is 0 Å². The number of hydrogen-bond acceptors (Lipinski definition) is 11. The van der Waals surface area contributed by atoms with Gasteiger partial charge in [0.1, 0.15) is 29.3 Å². The first-order chi connectivity index (χ1) is 19.1. The number of phenolic OH excluding ortho intramolecular Hbond substituents is 1. The second kappa shape index (κ2) is 9.70. The number of rotatable bonds is 2. The van der Waals surface area contributed by atoms with E-state index in [0.29, 0.717) is 24.0 Å². The van der Waals surface area contributed by atoms with Crippen molar-refractivity contribution in [2.24, 2.45) is 5.73 Å². The molecule has 4 aliphatic rings. The molecule has 2 saturated heterocycles. The Kier molecular flexibility index (Phi) is 6.42. The molecule has 3 heterocycles. The van der Waals surface area contributed by atoms with Crippen LogP contribution in [0.5, 0.6) is 11.5 Å². The summed E-state index contributed by atoms with van der Waals surface area (Å²) in [6, 6.07) is 7.00. The highest BCUT2D eigenvalue weighted by Crippen LogP contribution is 2.50. The van der Waals surface area contributed by atoms with Gasteiger partial charge in [-0.25, -0.2) is 0 Å². The fourth-order valence-electron chi connectivity index (χ4n) is 5.98. The molecule has 11 nitrogen and oxygen atoms in total. The van der Waals surface area contributed by atoms with Crippen molar-refractivity contribution < 1.29 is 43.9 Å². The number of Topliss-reactive ketones (excluding diaryl/α,β-unsaturated/α-hetero) is 2. The highest BCUT2D eigenvalue weighted by Gasteiger charge is 2.47. The molecule has 2 aromatic carbocycles. The summed E-state index contributed by atoms with van der Waals surface area (Å²) in [5.41, 5.74) is 7.33. The molecule has 0 radical (unpaired) electrons. The van der Waals surface area contributed by atoms with Gasteiger partial charge in [0.25, 0.3) is 0 Å². The molecule has 210 valence electrons. The van der Waals surface area contributed by atoms with Crippen molar-refractivity contribution in [1.82, 2.24) is 4.90 Å². The predicted molar refractivity (Wildman–Crippen MR) is 139 cm³/mol. The highest BCUT2D eigenvalue weighted by molar-refractivity contribution is 6.41. The van der Waals surface area contributed by atoms with E-state index >= 15 is 0 Å². The number of phenols is 1. The van der Waals surface area contributed by atoms with Gasteiger partial charge < -0.3 is 40.2 Å². The fraction of sp³-hybridized carbons (Fsp3) is 0.414. The number of nitrogens with two attached hydrogens (primary N) is 1. The van der Waals surface area contributed by atoms with Crippen molar-refractivity contribution in [3.05, 3.63) is 63.8 Å². The molecule has 2 unspecified atom stereocenters. The lowest BCUT2D eigenvalue weighted by Gasteiger charge is -2.43. The summed E-state index contributed by atoms with van der Waals surface area (Å²) < 4.78 is 17.5. The minimum absolute atomic E-state index is 0.00172. The van der Waals surface area contributed by atoms with Crippen molar-refractivity contribution in [3.8, 4) is 11.5 Å². The average Bonchev–Trinajstić information content (AvgIpc) is 2.89. The zero-order valence-corrected chi connectivity index (χ0v) is 22.0. The van der Waals surface area contributed by atoms with Crippen LogP contribution in [0.2, 0.25) is 0 Å². The molecule has 5 N–H and O–H groups in total. The van der Waals surface area contributed by atoms with E-state index in [1.165, 1.54) is 18.2 Å². The third-order valence-electron chi connectivity index (χ3n) is 7.93. The molecule has 6 atom stereocenters. The Bertz CT molecular complexity index is 1460. The number of aromatic hydroxyl groups is 1. The average molecular weight is 551 g/mol. The molecule has 0 spiro atoms. The van der Waals surface area contributed by atoms with E-state index in [0.717, 1.165) is 0 Å². The summed E-state index contributed by atoms with van der Waals surface area (Å²) in [5.74, 6) is -1.81. The maximum absolute atomic E-state index is 14.3. The van der Waals surface area contributed by atoms with Crippen molar-refractivity contribution in [1.29, 1.82) is 0 Å². The van der Waals surface area contributed by atoms with Gasteiger partial charge in [0, 0.05) is 29.7 Å². The molecule has 0 bridgehead atoms. The number of hydrogen-bond donors (Lipinski definition) is 4. The molecule has 1 aliphatic carbocycles. The van der Waals surface area contributed by atoms with Crippen molar-refractivity contribution in [2.75, 3.05) is 6.54 Å². The lowest BCUT2D eigenvalue weighted by Crippen LogP contribution is -2.48. The van der Waals surface area contributed by atoms with Crippen molar-refractivity contribution in [3.63, 3.8) is 0 Å². The molecule has 11 heteroatoms. The monoisotopic (exact) mass is 550 g/mol. The first-order valence-corrected chi connectivity index (χ1v) is 13.3. The van der Waals surface area contributed by atoms with Gasteiger partial charge >= 0.3 is 5.97 Å². The molecule has 6 rings (SSSR count). The number of ketones is 2. The lowest BCUT2D eigenvalue weighted by atomic mass is 9.78. The normalized spacial score (nSPS) is 29.9. The topological polar surface area (TPSA) is 169 Å². The van der Waals surface area contributed by atoms with E-state index in [9.17, 15) is 29.7 Å². The van der Waals surface area contributed by atoms with Crippen LogP contribution in [0.1, 0.15) is 69.8 Å². The second-order valence-electron chi connectivity index (χ2n) is 10.7. The Hall–Kier alpha value is -3.77. The number of nitrogens with zero attached hydrogens (tertiary/aromatic N) is 1. The maximum Gasteiger partial charge on any atom is 0.325 e. The van der Waals surface area contributed by atoms with E-state index in [4.69, 9.17) is 19.9 Å². The number of benzene rings is 2. The summed E-state index contributed by atoms with van der Waals surface area (Å²) in [7, 11) is 0. The summed E-state index contributed by atoms with van der Waals surface area (Å²) in [5, 5.41) is 31.3. The lowest BCUT2D eigenvalue weighted by molar-refractivity contribution is -0.216. The minimum atomic E-state index is -1.09. The van der Waals surface area contributed by atoms with Crippen LogP contribution in [0.3, 0.4) is 0 Å². The zero-order valence-electron chi connectivity index (χ0n) is 22.0. The third-order valence-corrected chi connectivity index (χ3v) is 7.93. The summed E-state index contributed by atoms with van der Waals surface area (Å²) in [6.07, 6.45) is -4.21. The standard InChI is InChI=1S/C29H30N2O9/c1-12-9-15-21(17(32)10-12)23-24(31-8-4-6-16(30)29(37)40-28(15)31)27(36)22-14(26(23)35)5-3-7-19(22)39-20-11-18(33)25(34)13(2)38-20/h3,5,7,9-10,13,16,18,20,25,28,32-34H,4,6,8,11,30H2,1-2H3/t13?,16-,18+,20-,25-,28?/m0/s1. The van der Waals surface area contributed by atoms with Crippen LogP contribution in [0.4, 0.5) is 0 Å². The number of carbonyl (C=O) groups is 3. The number of ether oxygens (including phenoxy) is 3. The second-order valence-corrected chi connectivity index (χ2v) is 10.7. The van der Waals surface area contributed by atoms with Crippen molar-refractivity contribution in [2.45, 2.75) is 70.0 Å².